The van der Waals surface area contributed by atoms with Gasteiger partial charge in [-0.05, 0) is 20.3 Å². The zero-order chi connectivity index (χ0) is 11.7. The van der Waals surface area contributed by atoms with Crippen molar-refractivity contribution in [1.82, 2.24) is 10.2 Å². The van der Waals surface area contributed by atoms with Gasteiger partial charge in [-0.2, -0.15) is 0 Å². The Morgan fingerprint density at radius 2 is 2.12 bits per heavy atom. The molecule has 1 N–H and O–H groups in total. The fourth-order valence-corrected chi connectivity index (χ4v) is 2.14. The van der Waals surface area contributed by atoms with Crippen LogP contribution in [0.1, 0.15) is 20.3 Å². The molecule has 0 aromatic carbocycles. The van der Waals surface area contributed by atoms with Gasteiger partial charge in [0, 0.05) is 12.0 Å². The largest absolute Gasteiger partial charge is 0.325 e. The third-order valence-corrected chi connectivity index (χ3v) is 2.96. The average Bonchev–Trinajstić information content (AvgIpc) is 2.55. The Kier molecular flexibility index (Phi) is 2.81. The van der Waals surface area contributed by atoms with Gasteiger partial charge in [-0.3, -0.25) is 9.69 Å². The van der Waals surface area contributed by atoms with Crippen LogP contribution in [0.15, 0.2) is 24.3 Å². The molecule has 2 rings (SSSR count). The first-order chi connectivity index (χ1) is 7.61. The second-order valence-electron chi connectivity index (χ2n) is 4.44. The lowest BCUT2D eigenvalue weighted by atomic mass is 9.92. The van der Waals surface area contributed by atoms with Gasteiger partial charge >= 0.3 is 6.03 Å². The number of urea groups is 1. The first kappa shape index (κ1) is 10.9. The number of nitrogens with one attached hydrogen (secondary N) is 1. The normalized spacial score (nSPS) is 29.1. The van der Waals surface area contributed by atoms with Crippen molar-refractivity contribution in [3.63, 3.8) is 0 Å². The van der Waals surface area contributed by atoms with Crippen LogP contribution in [0.4, 0.5) is 4.79 Å². The highest BCUT2D eigenvalue weighted by Gasteiger charge is 2.42. The zero-order valence-corrected chi connectivity index (χ0v) is 9.51. The summed E-state index contributed by atoms with van der Waals surface area (Å²) in [5.41, 5.74) is 0. The monoisotopic (exact) mass is 220 g/mol. The van der Waals surface area contributed by atoms with Crippen molar-refractivity contribution in [2.45, 2.75) is 32.4 Å². The molecule has 4 nitrogen and oxygen atoms in total. The predicted molar refractivity (Wildman–Crippen MR) is 60.7 cm³/mol. The molecule has 0 saturated carbocycles. The van der Waals surface area contributed by atoms with Crippen LogP contribution in [0, 0.1) is 5.92 Å². The molecule has 0 aromatic rings. The molecule has 0 aromatic heterocycles. The van der Waals surface area contributed by atoms with Crippen LogP contribution in [0.25, 0.3) is 0 Å². The quantitative estimate of drug-likeness (QED) is 0.716. The number of amides is 3. The fourth-order valence-electron chi connectivity index (χ4n) is 2.14. The number of carbonyl (C=O) groups excluding carboxylic acids is 2. The molecule has 1 fully saturated rings. The molecule has 0 spiro atoms. The van der Waals surface area contributed by atoms with Crippen molar-refractivity contribution in [3.05, 3.63) is 24.3 Å². The number of hydrogen-bond acceptors (Lipinski definition) is 2. The minimum Gasteiger partial charge on any atom is -0.325 e. The number of imide groups is 1. The van der Waals surface area contributed by atoms with Gasteiger partial charge in [0.15, 0.2) is 0 Å². The number of rotatable bonds is 2. The molecule has 2 unspecified atom stereocenters. The maximum Gasteiger partial charge on any atom is 0.325 e. The van der Waals surface area contributed by atoms with E-state index < -0.39 is 6.04 Å². The van der Waals surface area contributed by atoms with Gasteiger partial charge in [0.2, 0.25) is 0 Å². The molecule has 1 saturated heterocycles. The van der Waals surface area contributed by atoms with Gasteiger partial charge < -0.3 is 5.32 Å². The predicted octanol–water partition coefficient (Wildman–Crippen LogP) is 1.45. The van der Waals surface area contributed by atoms with Crippen LogP contribution in [0.3, 0.4) is 0 Å². The first-order valence-electron chi connectivity index (χ1n) is 5.58. The Balaban J connectivity index is 2.14. The SMILES string of the molecule is CC(C)N1C(=O)NC(C2C=CC=CC2)C1=O. The van der Waals surface area contributed by atoms with E-state index in [1.54, 1.807) is 0 Å². The summed E-state index contributed by atoms with van der Waals surface area (Å²) in [5, 5.41) is 2.76. The Labute approximate surface area is 95.0 Å². The van der Waals surface area contributed by atoms with Gasteiger partial charge in [0.1, 0.15) is 6.04 Å². The Morgan fingerprint density at radius 3 is 2.62 bits per heavy atom. The number of nitrogens with zero attached hydrogens (tertiary/aromatic N) is 1. The van der Waals surface area contributed by atoms with Crippen molar-refractivity contribution < 1.29 is 9.59 Å². The van der Waals surface area contributed by atoms with E-state index in [1.165, 1.54) is 4.90 Å². The molecule has 1 heterocycles. The lowest BCUT2D eigenvalue weighted by Crippen LogP contribution is -2.39. The molecule has 0 radical (unpaired) electrons. The van der Waals surface area contributed by atoms with E-state index in [4.69, 9.17) is 0 Å². The van der Waals surface area contributed by atoms with Crippen LogP contribution < -0.4 is 5.32 Å². The van der Waals surface area contributed by atoms with Crippen LogP contribution in [-0.4, -0.2) is 28.9 Å². The van der Waals surface area contributed by atoms with Gasteiger partial charge in [-0.15, -0.1) is 0 Å². The highest BCUT2D eigenvalue weighted by Crippen LogP contribution is 2.22. The molecule has 2 atom stereocenters. The van der Waals surface area contributed by atoms with Crippen molar-refractivity contribution >= 4 is 11.9 Å². The summed E-state index contributed by atoms with van der Waals surface area (Å²) in [7, 11) is 0. The standard InChI is InChI=1S/C12H16N2O2/c1-8(2)14-11(15)10(13-12(14)16)9-6-4-3-5-7-9/h3-6,8-10H,7H2,1-2H3,(H,13,16). The van der Waals surface area contributed by atoms with Crippen LogP contribution >= 0.6 is 0 Å². The van der Waals surface area contributed by atoms with Crippen molar-refractivity contribution in [3.8, 4) is 0 Å². The molecule has 1 aliphatic heterocycles. The minimum absolute atomic E-state index is 0.0828. The van der Waals surface area contributed by atoms with E-state index in [-0.39, 0.29) is 23.9 Å². The average molecular weight is 220 g/mol. The molecular weight excluding hydrogens is 204 g/mol. The molecule has 86 valence electrons. The molecule has 0 bridgehead atoms. The number of carbonyl (C=O) groups is 2. The summed E-state index contributed by atoms with van der Waals surface area (Å²) in [4.78, 5) is 25.0. The smallest absolute Gasteiger partial charge is 0.325 e. The van der Waals surface area contributed by atoms with Crippen molar-refractivity contribution in [1.29, 1.82) is 0 Å². The molecular formula is C12H16N2O2. The fraction of sp³-hybridized carbons (Fsp3) is 0.500. The topological polar surface area (TPSA) is 49.4 Å². The third kappa shape index (κ3) is 1.75. The summed E-state index contributed by atoms with van der Waals surface area (Å²) >= 11 is 0. The highest BCUT2D eigenvalue weighted by molar-refractivity contribution is 6.04. The maximum atomic E-state index is 12.0. The Morgan fingerprint density at radius 1 is 1.38 bits per heavy atom. The second kappa shape index (κ2) is 4.12. The molecule has 1 aliphatic carbocycles. The van der Waals surface area contributed by atoms with Crippen molar-refractivity contribution in [2.75, 3.05) is 0 Å². The maximum absolute atomic E-state index is 12.0. The minimum atomic E-state index is -0.393. The van der Waals surface area contributed by atoms with E-state index >= 15 is 0 Å². The Bertz CT molecular complexity index is 371. The van der Waals surface area contributed by atoms with E-state index in [0.29, 0.717) is 0 Å². The lowest BCUT2D eigenvalue weighted by molar-refractivity contribution is -0.129. The number of allylic oxidation sites excluding steroid dienone is 3. The summed E-state index contributed by atoms with van der Waals surface area (Å²) in [6.45, 7) is 3.69. The van der Waals surface area contributed by atoms with E-state index in [0.717, 1.165) is 6.42 Å². The van der Waals surface area contributed by atoms with E-state index in [1.807, 2.05) is 38.2 Å². The van der Waals surface area contributed by atoms with Gasteiger partial charge in [-0.25, -0.2) is 4.79 Å². The number of hydrogen-bond donors (Lipinski definition) is 1. The van der Waals surface area contributed by atoms with Crippen LogP contribution in [0.2, 0.25) is 0 Å². The van der Waals surface area contributed by atoms with Gasteiger partial charge in [0.05, 0.1) is 0 Å². The molecule has 2 aliphatic rings. The summed E-state index contributed by atoms with van der Waals surface area (Å²) in [6, 6.07) is -0.746. The van der Waals surface area contributed by atoms with Crippen LogP contribution in [-0.2, 0) is 4.79 Å². The lowest BCUT2D eigenvalue weighted by Gasteiger charge is -2.20. The Hall–Kier alpha value is -1.58. The van der Waals surface area contributed by atoms with Gasteiger partial charge in [0.25, 0.3) is 5.91 Å². The van der Waals surface area contributed by atoms with Gasteiger partial charge in [-0.1, -0.05) is 24.3 Å². The molecule has 3 amide bonds. The zero-order valence-electron chi connectivity index (χ0n) is 9.51. The van der Waals surface area contributed by atoms with Crippen LogP contribution in [0.5, 0.6) is 0 Å². The van der Waals surface area contributed by atoms with Crippen molar-refractivity contribution in [2.24, 2.45) is 5.92 Å². The third-order valence-electron chi connectivity index (χ3n) is 2.96. The van der Waals surface area contributed by atoms with E-state index in [9.17, 15) is 9.59 Å². The second-order valence-corrected chi connectivity index (χ2v) is 4.44. The summed E-state index contributed by atoms with van der Waals surface area (Å²) < 4.78 is 0. The first-order valence-corrected chi connectivity index (χ1v) is 5.58. The molecule has 16 heavy (non-hydrogen) atoms. The summed E-state index contributed by atoms with van der Waals surface area (Å²) in [5.74, 6) is -0.0184. The highest BCUT2D eigenvalue weighted by atomic mass is 16.2. The molecule has 4 heteroatoms. The summed E-state index contributed by atoms with van der Waals surface area (Å²) in [6.07, 6.45) is 8.68. The van der Waals surface area contributed by atoms with E-state index in [2.05, 4.69) is 5.32 Å².